The van der Waals surface area contributed by atoms with Crippen LogP contribution in [-0.2, 0) is 0 Å². The van der Waals surface area contributed by atoms with Gasteiger partial charge in [0.15, 0.2) is 0 Å². The first kappa shape index (κ1) is 7.64. The monoisotopic (exact) mass is 139 g/mol. The lowest BCUT2D eigenvalue weighted by Crippen LogP contribution is -2.44. The molecule has 0 spiro atoms. The van der Waals surface area contributed by atoms with Gasteiger partial charge in [-0.05, 0) is 38.0 Å². The van der Waals surface area contributed by atoms with Gasteiger partial charge in [-0.15, -0.1) is 0 Å². The van der Waals surface area contributed by atoms with Gasteiger partial charge < -0.3 is 5.32 Å². The third-order valence-corrected chi connectivity index (χ3v) is 2.11. The zero-order chi connectivity index (χ0) is 7.61. The van der Waals surface area contributed by atoms with E-state index in [-0.39, 0.29) is 0 Å². The second-order valence-corrected chi connectivity index (χ2v) is 3.83. The van der Waals surface area contributed by atoms with E-state index in [2.05, 4.69) is 32.2 Å². The Morgan fingerprint density at radius 1 is 1.50 bits per heavy atom. The topological polar surface area (TPSA) is 12.0 Å². The lowest BCUT2D eigenvalue weighted by Gasteiger charge is -2.34. The fraction of sp³-hybridized carbons (Fsp3) is 0.778. The van der Waals surface area contributed by atoms with Crippen LogP contribution < -0.4 is 5.32 Å². The summed E-state index contributed by atoms with van der Waals surface area (Å²) in [7, 11) is 0. The molecule has 0 amide bonds. The van der Waals surface area contributed by atoms with Gasteiger partial charge >= 0.3 is 0 Å². The van der Waals surface area contributed by atoms with Gasteiger partial charge in [-0.2, -0.15) is 0 Å². The minimum absolute atomic E-state index is 0.324. The highest BCUT2D eigenvalue weighted by atomic mass is 15.0. The first-order chi connectivity index (χ1) is 4.62. The molecule has 0 radical (unpaired) electrons. The largest absolute Gasteiger partial charge is 0.382 e. The average Bonchev–Trinajstić information content (AvgIpc) is 1.79. The van der Waals surface area contributed by atoms with Crippen LogP contribution in [0.5, 0.6) is 0 Å². The van der Waals surface area contributed by atoms with Gasteiger partial charge in [-0.3, -0.25) is 0 Å². The molecule has 1 aliphatic rings. The van der Waals surface area contributed by atoms with Crippen LogP contribution in [0.25, 0.3) is 0 Å². The molecule has 0 aliphatic carbocycles. The molecule has 1 aliphatic heterocycles. The Bertz CT molecular complexity index is 138. The van der Waals surface area contributed by atoms with Crippen molar-refractivity contribution in [2.75, 3.05) is 0 Å². The maximum Gasteiger partial charge on any atom is 0.0539 e. The minimum Gasteiger partial charge on any atom is -0.382 e. The van der Waals surface area contributed by atoms with Crippen molar-refractivity contribution in [2.24, 2.45) is 5.92 Å². The Labute approximate surface area is 63.5 Å². The molecule has 10 heavy (non-hydrogen) atoms. The summed E-state index contributed by atoms with van der Waals surface area (Å²) in [5.41, 5.74) is 0.324. The van der Waals surface area contributed by atoms with E-state index in [1.807, 2.05) is 6.20 Å². The number of hydrogen-bond donors (Lipinski definition) is 1. The molecule has 0 saturated heterocycles. The molecule has 0 bridgehead atoms. The molecule has 1 heterocycles. The van der Waals surface area contributed by atoms with E-state index in [4.69, 9.17) is 0 Å². The lowest BCUT2D eigenvalue weighted by molar-refractivity contribution is 0.376. The Kier molecular flexibility index (Phi) is 2.02. The van der Waals surface area contributed by atoms with E-state index in [9.17, 15) is 0 Å². The van der Waals surface area contributed by atoms with Crippen molar-refractivity contribution in [3.05, 3.63) is 12.3 Å². The highest BCUT2D eigenvalue weighted by Gasteiger charge is 2.23. The second kappa shape index (κ2) is 2.65. The molecule has 0 fully saturated rings. The molecule has 0 aromatic heterocycles. The van der Waals surface area contributed by atoms with Crippen molar-refractivity contribution in [3.63, 3.8) is 0 Å². The lowest BCUT2D eigenvalue weighted by atomic mass is 9.89. The average molecular weight is 139 g/mol. The second-order valence-electron chi connectivity index (χ2n) is 3.83. The van der Waals surface area contributed by atoms with Crippen LogP contribution in [-0.4, -0.2) is 5.54 Å². The Balaban J connectivity index is 2.19. The maximum absolute atomic E-state index is 3.30. The van der Waals surface area contributed by atoms with Gasteiger partial charge in [0.25, 0.3) is 0 Å². The summed E-state index contributed by atoms with van der Waals surface area (Å²) in [5.74, 6) is 0.827. The van der Waals surface area contributed by atoms with E-state index in [0.29, 0.717) is 5.54 Å². The first-order valence-corrected chi connectivity index (χ1v) is 4.08. The van der Waals surface area contributed by atoms with Gasteiger partial charge in [-0.25, -0.2) is 0 Å². The molecule has 1 rings (SSSR count). The van der Waals surface area contributed by atoms with Crippen LogP contribution in [0.4, 0.5) is 0 Å². The molecule has 0 aromatic rings. The van der Waals surface area contributed by atoms with Crippen molar-refractivity contribution < 1.29 is 0 Å². The van der Waals surface area contributed by atoms with E-state index in [0.717, 1.165) is 5.92 Å². The van der Waals surface area contributed by atoms with Crippen LogP contribution in [0.1, 0.15) is 33.6 Å². The Morgan fingerprint density at radius 3 is 2.40 bits per heavy atom. The number of nitrogens with one attached hydrogen (secondary N) is 1. The smallest absolute Gasteiger partial charge is 0.0539 e. The fourth-order valence-corrected chi connectivity index (χ4v) is 1.11. The number of hydrogen-bond acceptors (Lipinski definition) is 1. The van der Waals surface area contributed by atoms with Crippen molar-refractivity contribution in [2.45, 2.75) is 39.2 Å². The van der Waals surface area contributed by atoms with Gasteiger partial charge in [0.1, 0.15) is 0 Å². The van der Waals surface area contributed by atoms with Gasteiger partial charge in [-0.1, -0.05) is 13.8 Å². The zero-order valence-electron chi connectivity index (χ0n) is 7.15. The van der Waals surface area contributed by atoms with Gasteiger partial charge in [0.05, 0.1) is 5.54 Å². The molecule has 1 atom stereocenters. The van der Waals surface area contributed by atoms with Crippen LogP contribution in [0.15, 0.2) is 12.3 Å². The zero-order valence-corrected chi connectivity index (χ0v) is 7.15. The Morgan fingerprint density at radius 2 is 2.10 bits per heavy atom. The SMILES string of the molecule is CC(C)CCC1(C)C=CN1. The predicted octanol–water partition coefficient (Wildman–Crippen LogP) is 2.30. The van der Waals surface area contributed by atoms with Crippen molar-refractivity contribution >= 4 is 0 Å². The molecule has 1 heteroatoms. The van der Waals surface area contributed by atoms with Gasteiger partial charge in [0.2, 0.25) is 0 Å². The third-order valence-electron chi connectivity index (χ3n) is 2.11. The summed E-state index contributed by atoms with van der Waals surface area (Å²) >= 11 is 0. The summed E-state index contributed by atoms with van der Waals surface area (Å²) in [6.07, 6.45) is 6.85. The maximum atomic E-state index is 3.30. The van der Waals surface area contributed by atoms with Crippen molar-refractivity contribution in [3.8, 4) is 0 Å². The highest BCUT2D eigenvalue weighted by Crippen LogP contribution is 2.22. The number of rotatable bonds is 3. The minimum atomic E-state index is 0.324. The molecule has 0 aromatic carbocycles. The summed E-state index contributed by atoms with van der Waals surface area (Å²) in [4.78, 5) is 0. The Hall–Kier alpha value is -0.460. The summed E-state index contributed by atoms with van der Waals surface area (Å²) < 4.78 is 0. The van der Waals surface area contributed by atoms with E-state index in [1.54, 1.807) is 0 Å². The van der Waals surface area contributed by atoms with Crippen LogP contribution in [0.2, 0.25) is 0 Å². The summed E-state index contributed by atoms with van der Waals surface area (Å²) in [6, 6.07) is 0. The van der Waals surface area contributed by atoms with Crippen molar-refractivity contribution in [1.82, 2.24) is 5.32 Å². The van der Waals surface area contributed by atoms with Crippen molar-refractivity contribution in [1.29, 1.82) is 0 Å². The van der Waals surface area contributed by atoms with E-state index < -0.39 is 0 Å². The third kappa shape index (κ3) is 1.76. The molecule has 1 N–H and O–H groups in total. The first-order valence-electron chi connectivity index (χ1n) is 4.08. The van der Waals surface area contributed by atoms with Crippen LogP contribution in [0, 0.1) is 5.92 Å². The molecule has 0 saturated carbocycles. The molecular formula is C9H17N. The van der Waals surface area contributed by atoms with Crippen LogP contribution >= 0.6 is 0 Å². The predicted molar refractivity (Wildman–Crippen MR) is 44.8 cm³/mol. The van der Waals surface area contributed by atoms with Crippen LogP contribution in [0.3, 0.4) is 0 Å². The molecule has 58 valence electrons. The molecule has 1 nitrogen and oxygen atoms in total. The summed E-state index contributed by atoms with van der Waals surface area (Å²) in [5, 5.41) is 3.30. The molecule has 1 unspecified atom stereocenters. The normalized spacial score (nSPS) is 30.0. The highest BCUT2D eigenvalue weighted by molar-refractivity contribution is 5.14. The fourth-order valence-electron chi connectivity index (χ4n) is 1.11. The quantitative estimate of drug-likeness (QED) is 0.632. The van der Waals surface area contributed by atoms with E-state index >= 15 is 0 Å². The van der Waals surface area contributed by atoms with Gasteiger partial charge in [0, 0.05) is 0 Å². The standard InChI is InChI=1S/C9H17N/c1-8(2)4-5-9(3)6-7-10-9/h6-8,10H,4-5H2,1-3H3. The van der Waals surface area contributed by atoms with E-state index in [1.165, 1.54) is 12.8 Å². The summed E-state index contributed by atoms with van der Waals surface area (Å²) in [6.45, 7) is 6.78. The molecular weight excluding hydrogens is 122 g/mol.